The topological polar surface area (TPSA) is 60.0 Å². The maximum Gasteiger partial charge on any atom is 0.451 e. The number of nitrogens with two attached hydrogens (primary N) is 1. The Balaban J connectivity index is 1.96. The number of anilines is 2. The lowest BCUT2D eigenvalue weighted by atomic mass is 10.2. The number of hydrogen-bond donors (Lipinski definition) is 1. The minimum absolute atomic E-state index is 0.0636. The third-order valence-corrected chi connectivity index (χ3v) is 3.52. The summed E-state index contributed by atoms with van der Waals surface area (Å²) in [6.45, 7) is -0.504. The molecule has 0 spiro atoms. The molecule has 5 nitrogen and oxygen atoms in total. The molecule has 1 aromatic heterocycles. The van der Waals surface area contributed by atoms with Crippen LogP contribution in [0.5, 0.6) is 0 Å². The molecule has 0 fully saturated rings. The van der Waals surface area contributed by atoms with Gasteiger partial charge in [0.15, 0.2) is 23.3 Å². The van der Waals surface area contributed by atoms with Crippen LogP contribution in [0.1, 0.15) is 11.6 Å². The Bertz CT molecular complexity index is 768. The zero-order chi connectivity index (χ0) is 16.9. The van der Waals surface area contributed by atoms with Crippen LogP contribution in [-0.4, -0.2) is 21.3 Å². The van der Waals surface area contributed by atoms with Crippen LogP contribution in [0.4, 0.5) is 37.7 Å². The predicted molar refractivity (Wildman–Crippen MR) is 66.8 cm³/mol. The summed E-state index contributed by atoms with van der Waals surface area (Å²) >= 11 is 0. The SMILES string of the molecule is Nc1c(F)c(F)cc(N2CCn3c(nnc3C(F)(F)F)C2)c1F. The Hall–Kier alpha value is -2.46. The monoisotopic (exact) mass is 337 g/mol. The largest absolute Gasteiger partial charge is 0.451 e. The molecule has 0 bridgehead atoms. The van der Waals surface area contributed by atoms with Crippen LogP contribution < -0.4 is 10.6 Å². The molecule has 0 saturated heterocycles. The number of rotatable bonds is 1. The van der Waals surface area contributed by atoms with Crippen molar-refractivity contribution in [2.75, 3.05) is 17.2 Å². The first-order chi connectivity index (χ1) is 10.7. The average Bonchev–Trinajstić information content (AvgIpc) is 2.92. The number of hydrogen-bond acceptors (Lipinski definition) is 4. The van der Waals surface area contributed by atoms with Gasteiger partial charge in [0.1, 0.15) is 5.69 Å². The molecule has 0 unspecified atom stereocenters. The maximum absolute atomic E-state index is 14.0. The quantitative estimate of drug-likeness (QED) is 0.493. The molecule has 0 amide bonds. The molecular weight excluding hydrogens is 328 g/mol. The van der Waals surface area contributed by atoms with Crippen molar-refractivity contribution in [3.05, 3.63) is 35.2 Å². The standard InChI is InChI=1S/C12H9F6N5/c13-5-3-6(9(15)10(19)8(5)14)22-1-2-23-7(4-22)20-21-11(23)12(16,17)18/h3H,1-2,4,19H2. The van der Waals surface area contributed by atoms with Gasteiger partial charge in [-0.05, 0) is 0 Å². The highest BCUT2D eigenvalue weighted by Gasteiger charge is 2.39. The molecule has 23 heavy (non-hydrogen) atoms. The fourth-order valence-corrected chi connectivity index (χ4v) is 2.41. The molecule has 1 aliphatic rings. The molecule has 1 aromatic carbocycles. The van der Waals surface area contributed by atoms with E-state index in [0.29, 0.717) is 6.07 Å². The van der Waals surface area contributed by atoms with Crippen LogP contribution in [0.3, 0.4) is 0 Å². The van der Waals surface area contributed by atoms with E-state index in [1.165, 1.54) is 4.90 Å². The summed E-state index contributed by atoms with van der Waals surface area (Å²) in [5, 5.41) is 6.50. The minimum Gasteiger partial charge on any atom is -0.394 e. The Morgan fingerprint density at radius 3 is 2.39 bits per heavy atom. The number of alkyl halides is 3. The van der Waals surface area contributed by atoms with Gasteiger partial charge in [-0.15, -0.1) is 10.2 Å². The second kappa shape index (κ2) is 5.03. The number of nitrogen functional groups attached to an aromatic ring is 1. The van der Waals surface area contributed by atoms with Gasteiger partial charge in [-0.25, -0.2) is 13.2 Å². The van der Waals surface area contributed by atoms with Gasteiger partial charge in [0.05, 0.1) is 12.2 Å². The van der Waals surface area contributed by atoms with Crippen molar-refractivity contribution in [2.45, 2.75) is 19.3 Å². The summed E-state index contributed by atoms with van der Waals surface area (Å²) in [5.41, 5.74) is 3.82. The van der Waals surface area contributed by atoms with E-state index in [-0.39, 0.29) is 31.1 Å². The van der Waals surface area contributed by atoms with Crippen LogP contribution in [0.2, 0.25) is 0 Å². The lowest BCUT2D eigenvalue weighted by Gasteiger charge is -2.30. The molecule has 0 atom stereocenters. The summed E-state index contributed by atoms with van der Waals surface area (Å²) in [6.07, 6.45) is -4.66. The summed E-state index contributed by atoms with van der Waals surface area (Å²) in [7, 11) is 0. The highest BCUT2D eigenvalue weighted by molar-refractivity contribution is 5.59. The van der Waals surface area contributed by atoms with Crippen LogP contribution in [0, 0.1) is 17.5 Å². The molecule has 0 radical (unpaired) electrons. The molecule has 11 heteroatoms. The van der Waals surface area contributed by atoms with E-state index in [1.54, 1.807) is 0 Å². The third kappa shape index (κ3) is 2.45. The summed E-state index contributed by atoms with van der Waals surface area (Å²) in [4.78, 5) is 1.22. The van der Waals surface area contributed by atoms with Crippen LogP contribution in [0.15, 0.2) is 6.07 Å². The number of halogens is 6. The molecular formula is C12H9F6N5. The van der Waals surface area contributed by atoms with Crippen molar-refractivity contribution in [1.82, 2.24) is 14.8 Å². The Labute approximate surface area is 125 Å². The summed E-state index contributed by atoms with van der Waals surface area (Å²) in [6, 6.07) is 0.609. The van der Waals surface area contributed by atoms with Crippen molar-refractivity contribution in [3.63, 3.8) is 0 Å². The van der Waals surface area contributed by atoms with Gasteiger partial charge >= 0.3 is 6.18 Å². The molecule has 124 valence electrons. The predicted octanol–water partition coefficient (Wildman–Crippen LogP) is 2.32. The normalized spacial score (nSPS) is 15.0. The Kier molecular flexibility index (Phi) is 3.38. The second-order valence-corrected chi connectivity index (χ2v) is 4.93. The van der Waals surface area contributed by atoms with Crippen molar-refractivity contribution in [2.24, 2.45) is 0 Å². The summed E-state index contributed by atoms with van der Waals surface area (Å²) in [5.74, 6) is -5.25. The zero-order valence-corrected chi connectivity index (χ0v) is 11.3. The van der Waals surface area contributed by atoms with E-state index in [4.69, 9.17) is 5.73 Å². The lowest BCUT2D eigenvalue weighted by molar-refractivity contribution is -0.147. The van der Waals surface area contributed by atoms with Crippen molar-refractivity contribution in [3.8, 4) is 0 Å². The van der Waals surface area contributed by atoms with E-state index in [1.807, 2.05) is 0 Å². The Morgan fingerprint density at radius 1 is 1.04 bits per heavy atom. The molecule has 1 aliphatic heterocycles. The average molecular weight is 337 g/mol. The van der Waals surface area contributed by atoms with E-state index < -0.39 is 35.1 Å². The second-order valence-electron chi connectivity index (χ2n) is 4.93. The number of nitrogens with zero attached hydrogens (tertiary/aromatic N) is 4. The zero-order valence-electron chi connectivity index (χ0n) is 11.3. The highest BCUT2D eigenvalue weighted by atomic mass is 19.4. The molecule has 3 rings (SSSR count). The molecule has 2 heterocycles. The van der Waals surface area contributed by atoms with Crippen LogP contribution in [0.25, 0.3) is 0 Å². The maximum atomic E-state index is 14.0. The molecule has 0 aliphatic carbocycles. The molecule has 0 saturated carbocycles. The van der Waals surface area contributed by atoms with Gasteiger partial charge in [-0.1, -0.05) is 0 Å². The van der Waals surface area contributed by atoms with Gasteiger partial charge in [0.2, 0.25) is 5.82 Å². The molecule has 2 aromatic rings. The Morgan fingerprint density at radius 2 is 1.74 bits per heavy atom. The first-order valence-corrected chi connectivity index (χ1v) is 6.37. The van der Waals surface area contributed by atoms with Crippen LogP contribution in [-0.2, 0) is 19.3 Å². The number of fused-ring (bicyclic) bond motifs is 1. The van der Waals surface area contributed by atoms with Crippen molar-refractivity contribution < 1.29 is 26.3 Å². The summed E-state index contributed by atoms with van der Waals surface area (Å²) < 4.78 is 79.7. The first-order valence-electron chi connectivity index (χ1n) is 6.37. The van der Waals surface area contributed by atoms with Crippen LogP contribution >= 0.6 is 0 Å². The smallest absolute Gasteiger partial charge is 0.394 e. The number of benzene rings is 1. The number of aromatic nitrogens is 3. The lowest BCUT2D eigenvalue weighted by Crippen LogP contribution is -2.36. The first kappa shape index (κ1) is 15.4. The van der Waals surface area contributed by atoms with E-state index in [2.05, 4.69) is 10.2 Å². The molecule has 2 N–H and O–H groups in total. The van der Waals surface area contributed by atoms with Gasteiger partial charge in [0.25, 0.3) is 0 Å². The third-order valence-electron chi connectivity index (χ3n) is 3.52. The van der Waals surface area contributed by atoms with Gasteiger partial charge in [0, 0.05) is 19.2 Å². The van der Waals surface area contributed by atoms with E-state index >= 15 is 0 Å². The minimum atomic E-state index is -4.66. The van der Waals surface area contributed by atoms with Gasteiger partial charge in [-0.2, -0.15) is 13.2 Å². The van der Waals surface area contributed by atoms with E-state index in [9.17, 15) is 26.3 Å². The fraction of sp³-hybridized carbons (Fsp3) is 0.333. The van der Waals surface area contributed by atoms with Crippen molar-refractivity contribution in [1.29, 1.82) is 0 Å². The highest BCUT2D eigenvalue weighted by Crippen LogP contribution is 2.33. The van der Waals surface area contributed by atoms with Gasteiger partial charge < -0.3 is 15.2 Å². The van der Waals surface area contributed by atoms with Crippen molar-refractivity contribution >= 4 is 11.4 Å². The van der Waals surface area contributed by atoms with Gasteiger partial charge in [-0.3, -0.25) is 0 Å². The van der Waals surface area contributed by atoms with E-state index in [0.717, 1.165) is 4.57 Å². The fourth-order valence-electron chi connectivity index (χ4n) is 2.41.